The van der Waals surface area contributed by atoms with E-state index in [0.29, 0.717) is 0 Å². The Morgan fingerprint density at radius 3 is 2.57 bits per heavy atom. The van der Waals surface area contributed by atoms with E-state index >= 15 is 0 Å². The zero-order valence-corrected chi connectivity index (χ0v) is 9.42. The topological polar surface area (TPSA) is 55.0 Å². The molecule has 78 valence electrons. The molecule has 1 aromatic rings. The molecule has 0 aliphatic carbocycles. The van der Waals surface area contributed by atoms with E-state index < -0.39 is 0 Å². The van der Waals surface area contributed by atoms with Crippen molar-refractivity contribution in [2.75, 3.05) is 18.8 Å². The molecule has 0 radical (unpaired) electrons. The van der Waals surface area contributed by atoms with Gasteiger partial charge in [-0.05, 0) is 11.8 Å². The number of nitrogens with two attached hydrogens (primary N) is 1. The van der Waals surface area contributed by atoms with Crippen molar-refractivity contribution in [1.82, 2.24) is 14.5 Å². The maximum absolute atomic E-state index is 5.75. The molecule has 1 aliphatic rings. The van der Waals surface area contributed by atoms with Crippen LogP contribution in [0.25, 0.3) is 0 Å². The van der Waals surface area contributed by atoms with Crippen LogP contribution in [0.1, 0.15) is 19.5 Å². The van der Waals surface area contributed by atoms with Crippen LogP contribution in [0.3, 0.4) is 0 Å². The number of nitrogen functional groups attached to an aromatic ring is 1. The summed E-state index contributed by atoms with van der Waals surface area (Å²) in [6.07, 6.45) is 0. The van der Waals surface area contributed by atoms with Crippen LogP contribution in [-0.4, -0.2) is 27.6 Å². The Bertz CT molecular complexity index is 302. The minimum atomic E-state index is 0.761. The summed E-state index contributed by atoms with van der Waals surface area (Å²) in [5, 5.41) is 4.79. The zero-order valence-electron chi connectivity index (χ0n) is 8.60. The average Bonchev–Trinajstić information content (AvgIpc) is 2.63. The van der Waals surface area contributed by atoms with E-state index in [-0.39, 0.29) is 0 Å². The number of rotatable bonds is 2. The predicted molar refractivity (Wildman–Crippen MR) is 57.9 cm³/mol. The van der Waals surface area contributed by atoms with Crippen molar-refractivity contribution in [2.24, 2.45) is 11.8 Å². The Morgan fingerprint density at radius 2 is 2.07 bits per heavy atom. The summed E-state index contributed by atoms with van der Waals surface area (Å²) in [6, 6.07) is 0. The lowest BCUT2D eigenvalue weighted by Gasteiger charge is -2.13. The van der Waals surface area contributed by atoms with E-state index in [2.05, 4.69) is 28.3 Å². The Kier molecular flexibility index (Phi) is 2.69. The molecule has 2 atom stereocenters. The lowest BCUT2D eigenvalue weighted by atomic mass is 10.0. The van der Waals surface area contributed by atoms with E-state index in [1.165, 1.54) is 11.5 Å². The molecule has 0 amide bonds. The van der Waals surface area contributed by atoms with E-state index in [0.717, 1.165) is 42.2 Å². The molecule has 14 heavy (non-hydrogen) atoms. The highest BCUT2D eigenvalue weighted by atomic mass is 32.1. The highest BCUT2D eigenvalue weighted by molar-refractivity contribution is 7.09. The molecular formula is C9H16N4S. The van der Waals surface area contributed by atoms with Crippen molar-refractivity contribution in [2.45, 2.75) is 20.4 Å². The van der Waals surface area contributed by atoms with Crippen LogP contribution in [0.5, 0.6) is 0 Å². The molecule has 2 unspecified atom stereocenters. The molecule has 0 aromatic carbocycles. The molecule has 1 aliphatic heterocycles. The fourth-order valence-corrected chi connectivity index (χ4v) is 2.35. The van der Waals surface area contributed by atoms with Crippen LogP contribution in [0.4, 0.5) is 5.00 Å². The first-order chi connectivity index (χ1) is 6.66. The zero-order chi connectivity index (χ0) is 10.1. The number of anilines is 1. The van der Waals surface area contributed by atoms with Crippen molar-refractivity contribution < 1.29 is 0 Å². The van der Waals surface area contributed by atoms with Crippen molar-refractivity contribution >= 4 is 16.5 Å². The largest absolute Gasteiger partial charge is 0.388 e. The predicted octanol–water partition coefficient (Wildman–Crippen LogP) is 1.21. The summed E-state index contributed by atoms with van der Waals surface area (Å²) in [4.78, 5) is 2.41. The van der Waals surface area contributed by atoms with Gasteiger partial charge in [0.1, 0.15) is 10.7 Å². The highest BCUT2D eigenvalue weighted by Crippen LogP contribution is 2.24. The Morgan fingerprint density at radius 1 is 1.43 bits per heavy atom. The Labute approximate surface area is 88.3 Å². The van der Waals surface area contributed by atoms with Crippen LogP contribution in [-0.2, 0) is 6.54 Å². The van der Waals surface area contributed by atoms with Gasteiger partial charge in [-0.3, -0.25) is 4.90 Å². The third kappa shape index (κ3) is 1.88. The number of nitrogens with zero attached hydrogens (tertiary/aromatic N) is 3. The van der Waals surface area contributed by atoms with Crippen LogP contribution >= 0.6 is 11.5 Å². The molecule has 1 saturated heterocycles. The van der Waals surface area contributed by atoms with Gasteiger partial charge in [0.25, 0.3) is 0 Å². The maximum Gasteiger partial charge on any atom is 0.132 e. The van der Waals surface area contributed by atoms with Gasteiger partial charge in [-0.25, -0.2) is 0 Å². The van der Waals surface area contributed by atoms with Gasteiger partial charge in [0, 0.05) is 31.2 Å². The molecular weight excluding hydrogens is 196 g/mol. The molecule has 0 saturated carbocycles. The molecule has 1 fully saturated rings. The molecule has 2 N–H and O–H groups in total. The van der Waals surface area contributed by atoms with Gasteiger partial charge in [-0.15, -0.1) is 5.10 Å². The standard InChI is InChI=1S/C9H16N4S/c1-6-3-13(4-7(6)2)5-8-9(10)14-12-11-8/h6-7H,3-5,10H2,1-2H3. The number of hydrogen-bond donors (Lipinski definition) is 1. The lowest BCUT2D eigenvalue weighted by Crippen LogP contribution is -2.20. The summed E-state index contributed by atoms with van der Waals surface area (Å²) in [7, 11) is 0. The smallest absolute Gasteiger partial charge is 0.132 e. The van der Waals surface area contributed by atoms with Gasteiger partial charge < -0.3 is 5.73 Å². The minimum Gasteiger partial charge on any atom is -0.388 e. The van der Waals surface area contributed by atoms with Gasteiger partial charge >= 0.3 is 0 Å². The van der Waals surface area contributed by atoms with Gasteiger partial charge in [-0.1, -0.05) is 18.3 Å². The molecule has 1 aromatic heterocycles. The fourth-order valence-electron chi connectivity index (χ4n) is 1.92. The third-order valence-electron chi connectivity index (χ3n) is 3.02. The Balaban J connectivity index is 1.97. The SMILES string of the molecule is CC1CN(Cc2nnsc2N)CC1C. The maximum atomic E-state index is 5.75. The van der Waals surface area contributed by atoms with Crippen molar-refractivity contribution in [3.05, 3.63) is 5.69 Å². The second kappa shape index (κ2) is 3.82. The van der Waals surface area contributed by atoms with E-state index in [1.54, 1.807) is 0 Å². The van der Waals surface area contributed by atoms with Crippen LogP contribution in [0.2, 0.25) is 0 Å². The van der Waals surface area contributed by atoms with Gasteiger partial charge in [0.15, 0.2) is 0 Å². The molecule has 5 heteroatoms. The number of aromatic nitrogens is 2. The van der Waals surface area contributed by atoms with Gasteiger partial charge in [0.05, 0.1) is 0 Å². The summed E-state index contributed by atoms with van der Waals surface area (Å²) >= 11 is 1.28. The molecule has 0 bridgehead atoms. The highest BCUT2D eigenvalue weighted by Gasteiger charge is 2.26. The molecule has 2 rings (SSSR count). The van der Waals surface area contributed by atoms with Gasteiger partial charge in [-0.2, -0.15) is 0 Å². The normalized spacial score (nSPS) is 28.4. The first-order valence-corrected chi connectivity index (χ1v) is 5.73. The number of likely N-dealkylation sites (tertiary alicyclic amines) is 1. The molecule has 4 nitrogen and oxygen atoms in total. The summed E-state index contributed by atoms with van der Waals surface area (Å²) < 4.78 is 3.84. The van der Waals surface area contributed by atoms with Crippen molar-refractivity contribution in [1.29, 1.82) is 0 Å². The monoisotopic (exact) mass is 212 g/mol. The first kappa shape index (κ1) is 9.86. The van der Waals surface area contributed by atoms with Crippen molar-refractivity contribution in [3.8, 4) is 0 Å². The summed E-state index contributed by atoms with van der Waals surface area (Å²) in [5.74, 6) is 1.56. The molecule has 0 spiro atoms. The van der Waals surface area contributed by atoms with E-state index in [4.69, 9.17) is 5.73 Å². The fraction of sp³-hybridized carbons (Fsp3) is 0.778. The second-order valence-electron chi connectivity index (χ2n) is 4.23. The summed E-state index contributed by atoms with van der Waals surface area (Å²) in [6.45, 7) is 7.76. The molecule has 2 heterocycles. The quantitative estimate of drug-likeness (QED) is 0.800. The lowest BCUT2D eigenvalue weighted by molar-refractivity contribution is 0.312. The van der Waals surface area contributed by atoms with Gasteiger partial charge in [0.2, 0.25) is 0 Å². The minimum absolute atomic E-state index is 0.761. The second-order valence-corrected chi connectivity index (χ2v) is 5.02. The average molecular weight is 212 g/mol. The van der Waals surface area contributed by atoms with Crippen LogP contribution in [0, 0.1) is 11.8 Å². The van der Waals surface area contributed by atoms with E-state index in [1.807, 2.05) is 0 Å². The Hall–Kier alpha value is -0.680. The van der Waals surface area contributed by atoms with Crippen LogP contribution < -0.4 is 5.73 Å². The number of hydrogen-bond acceptors (Lipinski definition) is 5. The van der Waals surface area contributed by atoms with E-state index in [9.17, 15) is 0 Å². The summed E-state index contributed by atoms with van der Waals surface area (Å²) in [5.41, 5.74) is 6.70. The van der Waals surface area contributed by atoms with Crippen LogP contribution in [0.15, 0.2) is 0 Å². The third-order valence-corrected chi connectivity index (χ3v) is 3.62. The van der Waals surface area contributed by atoms with Crippen molar-refractivity contribution in [3.63, 3.8) is 0 Å². The first-order valence-electron chi connectivity index (χ1n) is 4.96.